The Morgan fingerprint density at radius 1 is 1.38 bits per heavy atom. The third-order valence-corrected chi connectivity index (χ3v) is 3.50. The predicted octanol–water partition coefficient (Wildman–Crippen LogP) is 1.93. The molecule has 1 saturated carbocycles. The summed E-state index contributed by atoms with van der Waals surface area (Å²) >= 11 is 0. The maximum Gasteiger partial charge on any atom is 0.105 e. The summed E-state index contributed by atoms with van der Waals surface area (Å²) in [5.41, 5.74) is 6.10. The van der Waals surface area contributed by atoms with Gasteiger partial charge in [0, 0.05) is 19.0 Å². The molecule has 0 bridgehead atoms. The Morgan fingerprint density at radius 2 is 2.25 bits per heavy atom. The van der Waals surface area contributed by atoms with Gasteiger partial charge in [-0.2, -0.15) is 0 Å². The highest BCUT2D eigenvalue weighted by atomic mass is 16.3. The van der Waals surface area contributed by atoms with Crippen molar-refractivity contribution in [1.82, 2.24) is 5.32 Å². The first kappa shape index (κ1) is 11.7. The van der Waals surface area contributed by atoms with Crippen molar-refractivity contribution in [3.63, 3.8) is 0 Å². The summed E-state index contributed by atoms with van der Waals surface area (Å²) in [6.07, 6.45) is 7.84. The van der Waals surface area contributed by atoms with E-state index >= 15 is 0 Å². The number of nitrogens with one attached hydrogen (secondary N) is 1. The van der Waals surface area contributed by atoms with E-state index < -0.39 is 0 Å². The van der Waals surface area contributed by atoms with Crippen molar-refractivity contribution in [1.29, 1.82) is 0 Å². The third kappa shape index (κ3) is 3.35. The van der Waals surface area contributed by atoms with E-state index in [1.54, 1.807) is 6.26 Å². The second-order valence-corrected chi connectivity index (χ2v) is 4.74. The number of hydrogen-bond acceptors (Lipinski definition) is 3. The van der Waals surface area contributed by atoms with Gasteiger partial charge in [-0.15, -0.1) is 0 Å². The Hall–Kier alpha value is -0.800. The first-order valence-electron chi connectivity index (χ1n) is 6.35. The van der Waals surface area contributed by atoms with E-state index in [1.165, 1.54) is 25.7 Å². The van der Waals surface area contributed by atoms with Crippen LogP contribution < -0.4 is 11.1 Å². The molecule has 2 unspecified atom stereocenters. The lowest BCUT2D eigenvalue weighted by molar-refractivity contribution is 0.296. The summed E-state index contributed by atoms with van der Waals surface area (Å²) in [6, 6.07) is 4.37. The standard InChI is InChI=1S/C13H22N2O/c14-13-6-2-1-4-11(13)10-15-8-7-12-5-3-9-16-12/h3,5,9,11,13,15H,1-2,4,6-8,10,14H2. The van der Waals surface area contributed by atoms with Gasteiger partial charge in [-0.25, -0.2) is 0 Å². The van der Waals surface area contributed by atoms with Gasteiger partial charge in [-0.05, 0) is 37.4 Å². The summed E-state index contributed by atoms with van der Waals surface area (Å²) < 4.78 is 5.28. The van der Waals surface area contributed by atoms with Crippen molar-refractivity contribution in [2.45, 2.75) is 38.1 Å². The lowest BCUT2D eigenvalue weighted by atomic mass is 9.85. The molecule has 2 atom stereocenters. The molecule has 0 radical (unpaired) electrons. The second-order valence-electron chi connectivity index (χ2n) is 4.74. The Kier molecular flexibility index (Phi) is 4.43. The number of nitrogens with two attached hydrogens (primary N) is 1. The quantitative estimate of drug-likeness (QED) is 0.748. The SMILES string of the molecule is NC1CCCCC1CNCCc1ccco1. The first-order chi connectivity index (χ1) is 7.86. The minimum atomic E-state index is 0.407. The van der Waals surface area contributed by atoms with E-state index in [-0.39, 0.29) is 0 Å². The monoisotopic (exact) mass is 222 g/mol. The topological polar surface area (TPSA) is 51.2 Å². The average molecular weight is 222 g/mol. The predicted molar refractivity (Wildman–Crippen MR) is 65.2 cm³/mol. The number of rotatable bonds is 5. The van der Waals surface area contributed by atoms with Crippen molar-refractivity contribution in [2.75, 3.05) is 13.1 Å². The maximum atomic E-state index is 6.10. The van der Waals surface area contributed by atoms with Crippen LogP contribution in [0.3, 0.4) is 0 Å². The molecule has 3 nitrogen and oxygen atoms in total. The molecular formula is C13H22N2O. The van der Waals surface area contributed by atoms with E-state index in [0.29, 0.717) is 12.0 Å². The highest BCUT2D eigenvalue weighted by molar-refractivity contribution is 4.98. The fourth-order valence-electron chi connectivity index (χ4n) is 2.44. The third-order valence-electron chi connectivity index (χ3n) is 3.50. The minimum Gasteiger partial charge on any atom is -0.469 e. The molecule has 0 amide bonds. The zero-order valence-corrected chi connectivity index (χ0v) is 9.82. The van der Waals surface area contributed by atoms with Crippen LogP contribution in [-0.2, 0) is 6.42 Å². The molecule has 1 aromatic heterocycles. The Bertz CT molecular complexity index is 284. The largest absolute Gasteiger partial charge is 0.469 e. The first-order valence-corrected chi connectivity index (χ1v) is 6.35. The summed E-state index contributed by atoms with van der Waals surface area (Å²) in [6.45, 7) is 2.04. The van der Waals surface area contributed by atoms with Gasteiger partial charge in [0.25, 0.3) is 0 Å². The maximum absolute atomic E-state index is 6.10. The van der Waals surface area contributed by atoms with Gasteiger partial charge >= 0.3 is 0 Å². The van der Waals surface area contributed by atoms with Gasteiger partial charge in [0.05, 0.1) is 6.26 Å². The van der Waals surface area contributed by atoms with Crippen LogP contribution in [0.1, 0.15) is 31.4 Å². The van der Waals surface area contributed by atoms with Gasteiger partial charge in [0.1, 0.15) is 5.76 Å². The molecule has 1 aliphatic carbocycles. The van der Waals surface area contributed by atoms with E-state index in [2.05, 4.69) is 5.32 Å². The van der Waals surface area contributed by atoms with E-state index in [4.69, 9.17) is 10.2 Å². The van der Waals surface area contributed by atoms with Crippen molar-refractivity contribution < 1.29 is 4.42 Å². The fourth-order valence-corrected chi connectivity index (χ4v) is 2.44. The van der Waals surface area contributed by atoms with Crippen molar-refractivity contribution >= 4 is 0 Å². The summed E-state index contributed by atoms with van der Waals surface area (Å²) in [4.78, 5) is 0. The second kappa shape index (κ2) is 6.06. The van der Waals surface area contributed by atoms with E-state index in [1.807, 2.05) is 12.1 Å². The molecule has 0 aliphatic heterocycles. The molecule has 0 aromatic carbocycles. The zero-order chi connectivity index (χ0) is 11.2. The molecule has 1 heterocycles. The molecule has 1 aliphatic rings. The Balaban J connectivity index is 1.60. The molecule has 90 valence electrons. The van der Waals surface area contributed by atoms with Crippen molar-refractivity contribution in [3.8, 4) is 0 Å². The van der Waals surface area contributed by atoms with Crippen LogP contribution in [0.5, 0.6) is 0 Å². The van der Waals surface area contributed by atoms with Crippen molar-refractivity contribution in [3.05, 3.63) is 24.2 Å². The highest BCUT2D eigenvalue weighted by Gasteiger charge is 2.20. The van der Waals surface area contributed by atoms with Crippen LogP contribution in [-0.4, -0.2) is 19.1 Å². The lowest BCUT2D eigenvalue weighted by Crippen LogP contribution is -2.39. The Morgan fingerprint density at radius 3 is 3.00 bits per heavy atom. The van der Waals surface area contributed by atoms with Crippen LogP contribution in [0.25, 0.3) is 0 Å². The summed E-state index contributed by atoms with van der Waals surface area (Å²) in [5, 5.41) is 3.48. The molecule has 1 aromatic rings. The number of furan rings is 1. The molecule has 16 heavy (non-hydrogen) atoms. The smallest absolute Gasteiger partial charge is 0.105 e. The van der Waals surface area contributed by atoms with E-state index in [0.717, 1.165) is 25.3 Å². The van der Waals surface area contributed by atoms with Crippen LogP contribution in [0.2, 0.25) is 0 Å². The molecule has 3 N–H and O–H groups in total. The van der Waals surface area contributed by atoms with Crippen LogP contribution in [0.4, 0.5) is 0 Å². The molecule has 0 spiro atoms. The average Bonchev–Trinajstić information content (AvgIpc) is 2.79. The van der Waals surface area contributed by atoms with Gasteiger partial charge in [0.15, 0.2) is 0 Å². The van der Waals surface area contributed by atoms with Crippen LogP contribution in [0.15, 0.2) is 22.8 Å². The molecule has 2 rings (SSSR count). The zero-order valence-electron chi connectivity index (χ0n) is 9.82. The van der Waals surface area contributed by atoms with Crippen molar-refractivity contribution in [2.24, 2.45) is 11.7 Å². The fraction of sp³-hybridized carbons (Fsp3) is 0.692. The van der Waals surface area contributed by atoms with Gasteiger partial charge in [-0.1, -0.05) is 12.8 Å². The van der Waals surface area contributed by atoms with Crippen LogP contribution in [0, 0.1) is 5.92 Å². The number of hydrogen-bond donors (Lipinski definition) is 2. The van der Waals surface area contributed by atoms with Crippen LogP contribution >= 0.6 is 0 Å². The summed E-state index contributed by atoms with van der Waals surface area (Å²) in [5.74, 6) is 1.73. The Labute approximate surface area is 97.4 Å². The lowest BCUT2D eigenvalue weighted by Gasteiger charge is -2.28. The van der Waals surface area contributed by atoms with Gasteiger partial charge in [-0.3, -0.25) is 0 Å². The minimum absolute atomic E-state index is 0.407. The van der Waals surface area contributed by atoms with E-state index in [9.17, 15) is 0 Å². The summed E-state index contributed by atoms with van der Waals surface area (Å²) in [7, 11) is 0. The highest BCUT2D eigenvalue weighted by Crippen LogP contribution is 2.22. The molecule has 0 saturated heterocycles. The van der Waals surface area contributed by atoms with Gasteiger partial charge in [0.2, 0.25) is 0 Å². The molecular weight excluding hydrogens is 200 g/mol. The normalized spacial score (nSPS) is 25.8. The molecule has 1 fully saturated rings. The van der Waals surface area contributed by atoms with Gasteiger partial charge < -0.3 is 15.5 Å². The molecule has 3 heteroatoms.